The monoisotopic (exact) mass is 236 g/mol. The number of nitro groups is 1. The van der Waals surface area contributed by atoms with Crippen molar-refractivity contribution in [3.63, 3.8) is 0 Å². The third-order valence-corrected chi connectivity index (χ3v) is 2.60. The van der Waals surface area contributed by atoms with Crippen molar-refractivity contribution in [2.45, 2.75) is 26.3 Å². The van der Waals surface area contributed by atoms with Gasteiger partial charge >= 0.3 is 5.69 Å². The van der Waals surface area contributed by atoms with E-state index in [0.29, 0.717) is 11.5 Å². The summed E-state index contributed by atoms with van der Waals surface area (Å²) in [6, 6.07) is 0. The molecule has 8 nitrogen and oxygen atoms in total. The number of hydrogen-bond donors (Lipinski definition) is 1. The molecule has 0 radical (unpaired) electrons. The minimum atomic E-state index is -0.640. The van der Waals surface area contributed by atoms with Crippen molar-refractivity contribution in [1.29, 1.82) is 0 Å². The predicted octanol–water partition coefficient (Wildman–Crippen LogP) is 1.00. The molecule has 2 rings (SSSR count). The maximum absolute atomic E-state index is 10.8. The lowest BCUT2D eigenvalue weighted by Crippen LogP contribution is -2.29. The summed E-state index contributed by atoms with van der Waals surface area (Å²) in [5.74, 6) is 0.523. The Hall–Kier alpha value is -2.25. The highest BCUT2D eigenvalue weighted by Crippen LogP contribution is 2.25. The van der Waals surface area contributed by atoms with E-state index in [1.807, 2.05) is 13.8 Å². The van der Waals surface area contributed by atoms with Crippen molar-refractivity contribution in [3.8, 4) is 0 Å². The first-order chi connectivity index (χ1) is 7.93. The molecular formula is C9H12N6O2. The molecule has 0 saturated carbocycles. The van der Waals surface area contributed by atoms with Gasteiger partial charge in [0.25, 0.3) is 0 Å². The molecular weight excluding hydrogens is 224 g/mol. The van der Waals surface area contributed by atoms with Gasteiger partial charge in [-0.3, -0.25) is 19.9 Å². The van der Waals surface area contributed by atoms with Crippen molar-refractivity contribution in [1.82, 2.24) is 25.0 Å². The second-order valence-electron chi connectivity index (χ2n) is 4.18. The molecule has 2 aromatic heterocycles. The summed E-state index contributed by atoms with van der Waals surface area (Å²) in [4.78, 5) is 14.4. The van der Waals surface area contributed by atoms with E-state index < -0.39 is 10.5 Å². The number of nitrogens with one attached hydrogen (secondary N) is 1. The van der Waals surface area contributed by atoms with E-state index in [9.17, 15) is 10.1 Å². The van der Waals surface area contributed by atoms with Gasteiger partial charge in [0.2, 0.25) is 0 Å². The summed E-state index contributed by atoms with van der Waals surface area (Å²) >= 11 is 0. The molecule has 2 aromatic rings. The predicted molar refractivity (Wildman–Crippen MR) is 58.4 cm³/mol. The van der Waals surface area contributed by atoms with Gasteiger partial charge in [0.15, 0.2) is 5.82 Å². The van der Waals surface area contributed by atoms with Gasteiger partial charge in [-0.1, -0.05) is 0 Å². The molecule has 0 fully saturated rings. The normalized spacial score (nSPS) is 11.7. The van der Waals surface area contributed by atoms with Gasteiger partial charge < -0.3 is 0 Å². The van der Waals surface area contributed by atoms with Gasteiger partial charge in [0.05, 0.1) is 4.92 Å². The molecule has 0 aliphatic carbocycles. The van der Waals surface area contributed by atoms with E-state index in [4.69, 9.17) is 0 Å². The molecule has 90 valence electrons. The Kier molecular flexibility index (Phi) is 2.41. The highest BCUT2D eigenvalue weighted by Gasteiger charge is 2.30. The molecule has 0 aliphatic heterocycles. The molecule has 2 heterocycles. The summed E-state index contributed by atoms with van der Waals surface area (Å²) < 4.78 is 1.50. The Bertz CT molecular complexity index is 542. The maximum atomic E-state index is 10.8. The van der Waals surface area contributed by atoms with Crippen molar-refractivity contribution >= 4 is 5.69 Å². The second-order valence-corrected chi connectivity index (χ2v) is 4.18. The van der Waals surface area contributed by atoms with Crippen LogP contribution in [0.2, 0.25) is 0 Å². The maximum Gasteiger partial charge on any atom is 0.309 e. The Morgan fingerprint density at radius 2 is 2.24 bits per heavy atom. The Morgan fingerprint density at radius 3 is 2.71 bits per heavy atom. The fourth-order valence-electron chi connectivity index (χ4n) is 1.52. The fourth-order valence-corrected chi connectivity index (χ4v) is 1.52. The van der Waals surface area contributed by atoms with E-state index >= 15 is 0 Å². The summed E-state index contributed by atoms with van der Waals surface area (Å²) in [6.45, 7) is 5.28. The van der Waals surface area contributed by atoms with Crippen LogP contribution in [0.5, 0.6) is 0 Å². The van der Waals surface area contributed by atoms with E-state index in [1.165, 1.54) is 17.2 Å². The SMILES string of the molecule is Cc1nn(C(C)(C)c2nc[nH]n2)cc1[N+](=O)[O-]. The topological polar surface area (TPSA) is 103 Å². The van der Waals surface area contributed by atoms with Crippen molar-refractivity contribution < 1.29 is 4.92 Å². The zero-order chi connectivity index (χ0) is 12.6. The third-order valence-electron chi connectivity index (χ3n) is 2.60. The van der Waals surface area contributed by atoms with Crippen LogP contribution in [0.3, 0.4) is 0 Å². The van der Waals surface area contributed by atoms with Crippen LogP contribution in [0.1, 0.15) is 25.4 Å². The van der Waals surface area contributed by atoms with E-state index in [-0.39, 0.29) is 5.69 Å². The molecule has 0 bridgehead atoms. The number of hydrogen-bond acceptors (Lipinski definition) is 5. The molecule has 0 spiro atoms. The largest absolute Gasteiger partial charge is 0.309 e. The van der Waals surface area contributed by atoms with Crippen LogP contribution in [0, 0.1) is 17.0 Å². The van der Waals surface area contributed by atoms with Crippen molar-refractivity contribution in [2.24, 2.45) is 0 Å². The van der Waals surface area contributed by atoms with Gasteiger partial charge in [-0.25, -0.2) is 4.98 Å². The lowest BCUT2D eigenvalue weighted by atomic mass is 10.1. The van der Waals surface area contributed by atoms with Crippen LogP contribution in [0.25, 0.3) is 0 Å². The minimum absolute atomic E-state index is 0.00592. The first kappa shape index (κ1) is 11.2. The van der Waals surface area contributed by atoms with E-state index in [2.05, 4.69) is 20.3 Å². The first-order valence-corrected chi connectivity index (χ1v) is 5.00. The molecule has 0 aliphatic rings. The highest BCUT2D eigenvalue weighted by atomic mass is 16.6. The molecule has 0 unspecified atom stereocenters. The average molecular weight is 236 g/mol. The number of rotatable bonds is 3. The first-order valence-electron chi connectivity index (χ1n) is 5.00. The Labute approximate surface area is 96.8 Å². The summed E-state index contributed by atoms with van der Waals surface area (Å²) in [5, 5.41) is 21.5. The number of H-pyrrole nitrogens is 1. The van der Waals surface area contributed by atoms with E-state index in [1.54, 1.807) is 6.92 Å². The molecule has 1 N–H and O–H groups in total. The number of aromatic nitrogens is 5. The third kappa shape index (κ3) is 1.77. The standard InChI is InChI=1S/C9H12N6O2/c1-6-7(15(16)17)4-14(13-6)9(2,3)8-10-5-11-12-8/h4-5H,1-3H3,(H,10,11,12). The molecule has 17 heavy (non-hydrogen) atoms. The average Bonchev–Trinajstić information content (AvgIpc) is 2.84. The minimum Gasteiger partial charge on any atom is -0.266 e. The molecule has 8 heteroatoms. The number of aromatic amines is 1. The van der Waals surface area contributed by atoms with Crippen LogP contribution < -0.4 is 0 Å². The second kappa shape index (κ2) is 3.65. The lowest BCUT2D eigenvalue weighted by Gasteiger charge is -2.21. The van der Waals surface area contributed by atoms with Gasteiger partial charge in [0, 0.05) is 0 Å². The van der Waals surface area contributed by atoms with Crippen LogP contribution in [-0.2, 0) is 5.54 Å². The zero-order valence-corrected chi connectivity index (χ0v) is 9.71. The zero-order valence-electron chi connectivity index (χ0n) is 9.71. The van der Waals surface area contributed by atoms with Gasteiger partial charge in [-0.05, 0) is 20.8 Å². The molecule has 0 atom stereocenters. The number of nitrogens with zero attached hydrogens (tertiary/aromatic N) is 5. The summed E-state index contributed by atoms with van der Waals surface area (Å²) in [6.07, 6.45) is 2.85. The molecule has 0 aromatic carbocycles. The Balaban J connectivity index is 2.47. The number of aryl methyl sites for hydroxylation is 1. The quantitative estimate of drug-likeness (QED) is 0.632. The van der Waals surface area contributed by atoms with Crippen LogP contribution in [-0.4, -0.2) is 29.9 Å². The van der Waals surface area contributed by atoms with Crippen molar-refractivity contribution in [2.75, 3.05) is 0 Å². The summed E-state index contributed by atoms with van der Waals surface area (Å²) in [7, 11) is 0. The van der Waals surface area contributed by atoms with Crippen LogP contribution in [0.4, 0.5) is 5.69 Å². The molecule has 0 amide bonds. The molecule has 0 saturated heterocycles. The smallest absolute Gasteiger partial charge is 0.266 e. The van der Waals surface area contributed by atoms with Crippen LogP contribution >= 0.6 is 0 Å². The van der Waals surface area contributed by atoms with E-state index in [0.717, 1.165) is 0 Å². The summed E-state index contributed by atoms with van der Waals surface area (Å²) in [5.41, 5.74) is -0.272. The lowest BCUT2D eigenvalue weighted by molar-refractivity contribution is -0.385. The highest BCUT2D eigenvalue weighted by molar-refractivity contribution is 5.32. The van der Waals surface area contributed by atoms with Crippen molar-refractivity contribution in [3.05, 3.63) is 34.2 Å². The van der Waals surface area contributed by atoms with Gasteiger partial charge in [-0.2, -0.15) is 10.2 Å². The Morgan fingerprint density at radius 1 is 1.53 bits per heavy atom. The van der Waals surface area contributed by atoms with Gasteiger partial charge in [-0.15, -0.1) is 0 Å². The fraction of sp³-hybridized carbons (Fsp3) is 0.444. The van der Waals surface area contributed by atoms with Crippen LogP contribution in [0.15, 0.2) is 12.5 Å². The van der Waals surface area contributed by atoms with Gasteiger partial charge in [0.1, 0.15) is 23.8 Å².